The Labute approximate surface area is 337 Å². The molecule has 322 valence electrons. The summed E-state index contributed by atoms with van der Waals surface area (Å²) in [4.78, 5) is 36.7. The molecule has 1 fully saturated rings. The number of esters is 2. The number of unbranched alkanes of at least 4 members (excludes halogenated alkanes) is 16. The molecule has 1 aliphatic heterocycles. The fourth-order valence-corrected chi connectivity index (χ4v) is 6.24. The van der Waals surface area contributed by atoms with Gasteiger partial charge in [-0.2, -0.15) is 0 Å². The first-order chi connectivity index (χ1) is 27.2. The van der Waals surface area contributed by atoms with Gasteiger partial charge in [-0.15, -0.1) is 0 Å². The van der Waals surface area contributed by atoms with Crippen molar-refractivity contribution in [1.29, 1.82) is 0 Å². The number of hydrogen-bond acceptors (Lipinski definition) is 10. The van der Waals surface area contributed by atoms with Gasteiger partial charge in [-0.05, 0) is 70.6 Å². The summed E-state index contributed by atoms with van der Waals surface area (Å²) in [7, 11) is 0. The number of hydrogen-bond donors (Lipinski definition) is 4. The van der Waals surface area contributed by atoms with Crippen molar-refractivity contribution in [2.24, 2.45) is 0 Å². The molecular formula is C45H76O11. The smallest absolute Gasteiger partial charge is 0.335 e. The molecular weight excluding hydrogens is 716 g/mol. The Morgan fingerprint density at radius 2 is 1.05 bits per heavy atom. The van der Waals surface area contributed by atoms with Gasteiger partial charge in [-0.1, -0.05) is 133 Å². The third-order valence-electron chi connectivity index (χ3n) is 9.66. The molecule has 0 radical (unpaired) electrons. The van der Waals surface area contributed by atoms with Crippen molar-refractivity contribution in [3.63, 3.8) is 0 Å². The van der Waals surface area contributed by atoms with E-state index < -0.39 is 61.3 Å². The molecule has 11 nitrogen and oxygen atoms in total. The van der Waals surface area contributed by atoms with E-state index in [2.05, 4.69) is 62.5 Å². The Morgan fingerprint density at radius 3 is 1.62 bits per heavy atom. The van der Waals surface area contributed by atoms with E-state index in [4.69, 9.17) is 18.9 Å². The molecule has 0 spiro atoms. The first-order valence-corrected chi connectivity index (χ1v) is 21.7. The highest BCUT2D eigenvalue weighted by Crippen LogP contribution is 2.23. The average molecular weight is 793 g/mol. The van der Waals surface area contributed by atoms with Crippen molar-refractivity contribution in [1.82, 2.24) is 0 Å². The first kappa shape index (κ1) is 51.2. The van der Waals surface area contributed by atoms with Gasteiger partial charge in [0.2, 0.25) is 0 Å². The van der Waals surface area contributed by atoms with Crippen molar-refractivity contribution in [3.8, 4) is 0 Å². The molecule has 6 atom stereocenters. The molecule has 1 saturated heterocycles. The lowest BCUT2D eigenvalue weighted by Crippen LogP contribution is -2.60. The predicted octanol–water partition coefficient (Wildman–Crippen LogP) is 8.98. The number of carboxylic acid groups (broad SMARTS) is 1. The summed E-state index contributed by atoms with van der Waals surface area (Å²) in [5.74, 6) is -2.49. The normalized spacial score (nSPS) is 20.8. The van der Waals surface area contributed by atoms with Crippen molar-refractivity contribution in [2.75, 3.05) is 13.2 Å². The van der Waals surface area contributed by atoms with Gasteiger partial charge in [0.25, 0.3) is 0 Å². The van der Waals surface area contributed by atoms with Crippen LogP contribution in [0.4, 0.5) is 0 Å². The highest BCUT2D eigenvalue weighted by atomic mass is 16.7. The van der Waals surface area contributed by atoms with Crippen LogP contribution in [0.3, 0.4) is 0 Å². The van der Waals surface area contributed by atoms with E-state index in [1.807, 2.05) is 0 Å². The summed E-state index contributed by atoms with van der Waals surface area (Å²) in [6.45, 7) is 3.65. The topological polar surface area (TPSA) is 169 Å². The fourth-order valence-electron chi connectivity index (χ4n) is 6.24. The van der Waals surface area contributed by atoms with Crippen molar-refractivity contribution >= 4 is 17.9 Å². The van der Waals surface area contributed by atoms with Gasteiger partial charge in [0.15, 0.2) is 18.5 Å². The number of aliphatic hydroxyl groups is 3. The zero-order chi connectivity index (χ0) is 41.1. The number of ether oxygens (including phenoxy) is 4. The van der Waals surface area contributed by atoms with Gasteiger partial charge in [-0.3, -0.25) is 9.59 Å². The van der Waals surface area contributed by atoms with E-state index in [-0.39, 0.29) is 19.4 Å². The maximum absolute atomic E-state index is 12.8. The second-order valence-corrected chi connectivity index (χ2v) is 14.8. The average Bonchev–Trinajstić information content (AvgIpc) is 3.18. The Morgan fingerprint density at radius 1 is 0.571 bits per heavy atom. The second kappa shape index (κ2) is 35.3. The largest absolute Gasteiger partial charge is 0.479 e. The van der Waals surface area contributed by atoms with E-state index in [0.717, 1.165) is 70.6 Å². The van der Waals surface area contributed by atoms with Crippen LogP contribution in [0.25, 0.3) is 0 Å². The number of carbonyl (C=O) groups is 3. The lowest BCUT2D eigenvalue weighted by molar-refractivity contribution is -0.298. The first-order valence-electron chi connectivity index (χ1n) is 21.7. The molecule has 0 aliphatic carbocycles. The monoisotopic (exact) mass is 793 g/mol. The molecule has 6 unspecified atom stereocenters. The number of allylic oxidation sites excluding steroid dienone is 8. The third-order valence-corrected chi connectivity index (χ3v) is 9.66. The zero-order valence-electron chi connectivity index (χ0n) is 34.6. The minimum Gasteiger partial charge on any atom is -0.479 e. The van der Waals surface area contributed by atoms with E-state index in [1.54, 1.807) is 0 Å². The van der Waals surface area contributed by atoms with E-state index in [0.29, 0.717) is 12.8 Å². The van der Waals surface area contributed by atoms with Gasteiger partial charge in [0.1, 0.15) is 24.9 Å². The number of carboxylic acids is 1. The SMILES string of the molecule is CC/C=C\C/C=C\C/C=C\CCCCCC(=O)OCC(COC1OC(C(=O)O)C(O)C(O)C1O)OC(=O)CCCCCCCCC/C=C\CCCCCCCC. The van der Waals surface area contributed by atoms with E-state index in [9.17, 15) is 34.8 Å². The highest BCUT2D eigenvalue weighted by molar-refractivity contribution is 5.73. The van der Waals surface area contributed by atoms with E-state index >= 15 is 0 Å². The van der Waals surface area contributed by atoms with Gasteiger partial charge in [-0.25, -0.2) is 4.79 Å². The van der Waals surface area contributed by atoms with Crippen LogP contribution in [0.2, 0.25) is 0 Å². The number of aliphatic carboxylic acids is 1. The van der Waals surface area contributed by atoms with Crippen molar-refractivity contribution < 1.29 is 53.8 Å². The second-order valence-electron chi connectivity index (χ2n) is 14.8. The summed E-state index contributed by atoms with van der Waals surface area (Å²) in [6, 6.07) is 0. The van der Waals surface area contributed by atoms with Gasteiger partial charge < -0.3 is 39.4 Å². The number of aliphatic hydroxyl groups excluding tert-OH is 3. The van der Waals surface area contributed by atoms with Crippen LogP contribution in [-0.2, 0) is 33.3 Å². The molecule has 1 heterocycles. The van der Waals surface area contributed by atoms with Crippen LogP contribution in [0.1, 0.15) is 168 Å². The van der Waals surface area contributed by atoms with Crippen molar-refractivity contribution in [3.05, 3.63) is 48.6 Å². The Kier molecular flexibility index (Phi) is 32.3. The van der Waals surface area contributed by atoms with Gasteiger partial charge in [0.05, 0.1) is 6.61 Å². The molecule has 0 aromatic carbocycles. The summed E-state index contributed by atoms with van der Waals surface area (Å²) >= 11 is 0. The van der Waals surface area contributed by atoms with Gasteiger partial charge in [0, 0.05) is 12.8 Å². The molecule has 11 heteroatoms. The number of carbonyl (C=O) groups excluding carboxylic acids is 2. The molecule has 4 N–H and O–H groups in total. The van der Waals surface area contributed by atoms with Gasteiger partial charge >= 0.3 is 17.9 Å². The zero-order valence-corrected chi connectivity index (χ0v) is 34.6. The molecule has 1 aliphatic rings. The Hall–Kier alpha value is -2.83. The van der Waals surface area contributed by atoms with E-state index in [1.165, 1.54) is 57.8 Å². The van der Waals surface area contributed by atoms with Crippen molar-refractivity contribution in [2.45, 2.75) is 205 Å². The van der Waals surface area contributed by atoms with Crippen LogP contribution in [0.15, 0.2) is 48.6 Å². The molecule has 1 rings (SSSR count). The Bertz CT molecular complexity index is 1120. The fraction of sp³-hybridized carbons (Fsp3) is 0.756. The lowest BCUT2D eigenvalue weighted by atomic mass is 9.99. The number of rotatable bonds is 35. The molecule has 0 bridgehead atoms. The van der Waals surface area contributed by atoms with Crippen LogP contribution in [-0.4, -0.2) is 88.4 Å². The van der Waals surface area contributed by atoms with Crippen LogP contribution in [0.5, 0.6) is 0 Å². The summed E-state index contributed by atoms with van der Waals surface area (Å²) in [5.41, 5.74) is 0. The van der Waals surface area contributed by atoms with Crippen LogP contribution >= 0.6 is 0 Å². The predicted molar refractivity (Wildman–Crippen MR) is 220 cm³/mol. The summed E-state index contributed by atoms with van der Waals surface area (Å²) in [5, 5.41) is 39.8. The highest BCUT2D eigenvalue weighted by Gasteiger charge is 2.47. The molecule has 0 aromatic heterocycles. The third kappa shape index (κ3) is 26.9. The van der Waals surface area contributed by atoms with Crippen LogP contribution in [0, 0.1) is 0 Å². The molecule has 0 amide bonds. The summed E-state index contributed by atoms with van der Waals surface area (Å²) in [6.07, 6.45) is 31.7. The van der Waals surface area contributed by atoms with Crippen LogP contribution < -0.4 is 0 Å². The molecule has 0 saturated carbocycles. The molecule has 0 aromatic rings. The standard InChI is InChI=1S/C45H76O11/c1-3-5-7-9-11-13-15-17-18-19-20-22-24-26-28-30-32-34-39(47)55-37(36-54-45-42(50)40(48)41(49)43(56-45)44(51)52)35-53-38(46)33-31-29-27-25-23-21-16-14-12-10-8-6-4-2/h6,8,12,14,17-18,21,23,37,40-43,45,48-50H,3-5,7,9-11,13,15-16,19-20,22,24-36H2,1-2H3,(H,51,52)/b8-6-,14-12-,18-17-,23-21-. The maximum atomic E-state index is 12.8. The minimum atomic E-state index is -1.87. The molecule has 56 heavy (non-hydrogen) atoms. The minimum absolute atomic E-state index is 0.170. The quantitative estimate of drug-likeness (QED) is 0.0275. The summed E-state index contributed by atoms with van der Waals surface area (Å²) < 4.78 is 21.7. The Balaban J connectivity index is 2.40. The lowest BCUT2D eigenvalue weighted by Gasteiger charge is -2.38. The maximum Gasteiger partial charge on any atom is 0.335 e.